The molecule has 84 valence electrons. The van der Waals surface area contributed by atoms with Crippen LogP contribution in [0, 0.1) is 0 Å². The van der Waals surface area contributed by atoms with Crippen molar-refractivity contribution in [2.24, 2.45) is 0 Å². The first-order valence-corrected chi connectivity index (χ1v) is 7.70. The average Bonchev–Trinajstić information content (AvgIpc) is 2.15. The number of carbonyl (C=O) groups excluding carboxylic acids is 1. The Hall–Kier alpha value is -0.458. The summed E-state index contributed by atoms with van der Waals surface area (Å²) in [6.07, 6.45) is 3.05. The monoisotopic (exact) mass is 225 g/mol. The van der Waals surface area contributed by atoms with Gasteiger partial charge in [0, 0.05) is 13.1 Å². The highest BCUT2D eigenvalue weighted by Crippen LogP contribution is 2.14. The highest BCUT2D eigenvalue weighted by molar-refractivity contribution is 6.43. The molecule has 1 amide bonds. The van der Waals surface area contributed by atoms with Gasteiger partial charge in [-0.3, -0.25) is 0 Å². The molecule has 0 N–H and O–H groups in total. The van der Waals surface area contributed by atoms with Crippen molar-refractivity contribution in [3.63, 3.8) is 0 Å². The van der Waals surface area contributed by atoms with Gasteiger partial charge < -0.3 is 9.64 Å². The fourth-order valence-electron chi connectivity index (χ4n) is 1.52. The van der Waals surface area contributed by atoms with E-state index in [-0.39, 0.29) is 26.9 Å². The minimum Gasteiger partial charge on any atom is -0.444 e. The largest absolute Gasteiger partial charge is 0.444 e. The van der Waals surface area contributed by atoms with Gasteiger partial charge in [0.15, 0.2) is 0 Å². The Morgan fingerprint density at radius 3 is 2.60 bits per heavy atom. The van der Waals surface area contributed by atoms with E-state index in [2.05, 4.69) is 11.9 Å². The average molecular weight is 225 g/mol. The van der Waals surface area contributed by atoms with Gasteiger partial charge in [0.1, 0.15) is 5.60 Å². The number of rotatable bonds is 1. The fraction of sp³-hybridized carbons (Fsp3) is 0.727. The second-order valence-electron chi connectivity index (χ2n) is 4.89. The molecule has 0 saturated carbocycles. The zero-order chi connectivity index (χ0) is 11.5. The van der Waals surface area contributed by atoms with Gasteiger partial charge in [-0.05, 0) is 27.2 Å². The quantitative estimate of drug-likeness (QED) is 0.639. The SMILES string of the molecule is [CH3][AlH][C]1=CCN(C(=O)OC(C)(C)C)CC1. The van der Waals surface area contributed by atoms with E-state index in [9.17, 15) is 4.79 Å². The summed E-state index contributed by atoms with van der Waals surface area (Å²) in [6.45, 7) is 7.24. The van der Waals surface area contributed by atoms with Crippen LogP contribution in [0.2, 0.25) is 5.79 Å². The summed E-state index contributed by atoms with van der Waals surface area (Å²) in [6, 6.07) is 0. The molecular formula is C11H20AlNO2. The van der Waals surface area contributed by atoms with Crippen LogP contribution in [0.25, 0.3) is 0 Å². The van der Waals surface area contributed by atoms with Gasteiger partial charge >= 0.3 is 6.09 Å². The third-order valence-electron chi connectivity index (χ3n) is 2.41. The Morgan fingerprint density at radius 1 is 1.53 bits per heavy atom. The molecular weight excluding hydrogens is 205 g/mol. The highest BCUT2D eigenvalue weighted by Gasteiger charge is 2.22. The molecule has 0 unspecified atom stereocenters. The molecule has 0 aromatic rings. The van der Waals surface area contributed by atoms with Crippen LogP contribution in [0.3, 0.4) is 0 Å². The van der Waals surface area contributed by atoms with Crippen LogP contribution in [-0.2, 0) is 4.74 Å². The molecule has 1 aliphatic rings. The number of nitrogens with zero attached hydrogens (tertiary/aromatic N) is 1. The third kappa shape index (κ3) is 4.28. The van der Waals surface area contributed by atoms with E-state index >= 15 is 0 Å². The Kier molecular flexibility index (Phi) is 4.24. The number of hydrogen-bond donors (Lipinski definition) is 0. The van der Waals surface area contributed by atoms with E-state index in [0.29, 0.717) is 0 Å². The molecule has 1 aliphatic heterocycles. The maximum absolute atomic E-state index is 11.7. The van der Waals surface area contributed by atoms with Gasteiger partial charge in [0.05, 0.1) is 0 Å². The van der Waals surface area contributed by atoms with Crippen molar-refractivity contribution < 1.29 is 9.53 Å². The van der Waals surface area contributed by atoms with E-state index in [4.69, 9.17) is 4.74 Å². The van der Waals surface area contributed by atoms with E-state index in [1.807, 2.05) is 20.8 Å². The van der Waals surface area contributed by atoms with Crippen LogP contribution >= 0.6 is 0 Å². The Labute approximate surface area is 98.2 Å². The van der Waals surface area contributed by atoms with E-state index in [1.165, 1.54) is 0 Å². The van der Waals surface area contributed by atoms with Crippen molar-refractivity contribution in [1.82, 2.24) is 4.90 Å². The third-order valence-corrected chi connectivity index (χ3v) is 3.96. The first-order chi connectivity index (χ1) is 6.92. The molecule has 0 spiro atoms. The minimum atomic E-state index is -0.388. The lowest BCUT2D eigenvalue weighted by Crippen LogP contribution is -2.39. The van der Waals surface area contributed by atoms with Gasteiger partial charge in [-0.15, -0.1) is 10.2 Å². The molecule has 0 radical (unpaired) electrons. The lowest BCUT2D eigenvalue weighted by molar-refractivity contribution is 0.0267. The van der Waals surface area contributed by atoms with Crippen LogP contribution in [0.4, 0.5) is 4.79 Å². The molecule has 0 aromatic heterocycles. The topological polar surface area (TPSA) is 29.5 Å². The summed E-state index contributed by atoms with van der Waals surface area (Å²) in [7, 11) is 0. The lowest BCUT2D eigenvalue weighted by Gasteiger charge is -2.29. The standard InChI is InChI=1S/C10H16NO2.CH3.Al.H/c1-10(2,3)13-9(12)11-7-5-4-6-8-11;;;/h5H,6-8H2,1-3H3;1H3;;. The number of ether oxygens (including phenoxy) is 1. The molecule has 0 atom stereocenters. The first kappa shape index (κ1) is 12.6. The van der Waals surface area contributed by atoms with Crippen molar-refractivity contribution in [2.45, 2.75) is 38.6 Å². The van der Waals surface area contributed by atoms with Crippen molar-refractivity contribution >= 4 is 21.3 Å². The lowest BCUT2D eigenvalue weighted by atomic mass is 10.2. The zero-order valence-electron chi connectivity index (χ0n) is 10.2. The fourth-order valence-corrected chi connectivity index (χ4v) is 2.45. The predicted molar refractivity (Wildman–Crippen MR) is 63.5 cm³/mol. The maximum Gasteiger partial charge on any atom is 0.410 e. The van der Waals surface area contributed by atoms with Crippen LogP contribution < -0.4 is 0 Å². The summed E-state index contributed by atoms with van der Waals surface area (Å²) in [4.78, 5) is 13.5. The Bertz CT molecular complexity index is 268. The second kappa shape index (κ2) is 5.05. The molecule has 3 nitrogen and oxygen atoms in total. The van der Waals surface area contributed by atoms with Gasteiger partial charge in [-0.1, -0.05) is 6.08 Å². The van der Waals surface area contributed by atoms with Gasteiger partial charge in [-0.25, -0.2) is 4.79 Å². The Balaban J connectivity index is 2.47. The normalized spacial score (nSPS) is 17.1. The summed E-state index contributed by atoms with van der Waals surface area (Å²) in [5, 5.41) is 0. The zero-order valence-corrected chi connectivity index (χ0v) is 11.6. The molecule has 0 bridgehead atoms. The van der Waals surface area contributed by atoms with Crippen LogP contribution in [0.1, 0.15) is 27.2 Å². The molecule has 4 heteroatoms. The Morgan fingerprint density at radius 2 is 2.20 bits per heavy atom. The molecule has 0 fully saturated rings. The van der Waals surface area contributed by atoms with Gasteiger partial charge in [-0.2, -0.15) is 0 Å². The van der Waals surface area contributed by atoms with Crippen LogP contribution in [0.5, 0.6) is 0 Å². The van der Waals surface area contributed by atoms with Crippen molar-refractivity contribution in [1.29, 1.82) is 0 Å². The van der Waals surface area contributed by atoms with Gasteiger partial charge in [0.2, 0.25) is 0 Å². The number of hydrogen-bond acceptors (Lipinski definition) is 2. The van der Waals surface area contributed by atoms with Crippen molar-refractivity contribution in [3.8, 4) is 0 Å². The summed E-state index contributed by atoms with van der Waals surface area (Å²) in [5.41, 5.74) is -0.388. The molecule has 1 heterocycles. The second-order valence-corrected chi connectivity index (χ2v) is 6.51. The minimum absolute atomic E-state index is 0.0303. The maximum atomic E-state index is 11.7. The van der Waals surface area contributed by atoms with E-state index in [0.717, 1.165) is 19.5 Å². The molecule has 15 heavy (non-hydrogen) atoms. The van der Waals surface area contributed by atoms with Crippen molar-refractivity contribution in [2.75, 3.05) is 13.1 Å². The first-order valence-electron chi connectivity index (χ1n) is 5.58. The molecule has 0 aliphatic carbocycles. The molecule has 0 saturated heterocycles. The van der Waals surface area contributed by atoms with E-state index < -0.39 is 0 Å². The van der Waals surface area contributed by atoms with E-state index in [1.54, 1.807) is 9.33 Å². The number of amides is 1. The molecule has 1 rings (SSSR count). The predicted octanol–water partition coefficient (Wildman–Crippen LogP) is 2.00. The van der Waals surface area contributed by atoms with Crippen LogP contribution in [-0.4, -0.2) is 44.9 Å². The smallest absolute Gasteiger partial charge is 0.410 e. The summed E-state index contributed by atoms with van der Waals surface area (Å²) < 4.78 is 6.89. The molecule has 0 aromatic carbocycles. The van der Waals surface area contributed by atoms with Crippen molar-refractivity contribution in [3.05, 3.63) is 10.5 Å². The number of carbonyl (C=O) groups is 1. The highest BCUT2D eigenvalue weighted by atomic mass is 27.1. The summed E-state index contributed by atoms with van der Waals surface area (Å²) >= 11 is -0.0303. The van der Waals surface area contributed by atoms with Gasteiger partial charge in [0.25, 0.3) is 15.2 Å². The van der Waals surface area contributed by atoms with Crippen LogP contribution in [0.15, 0.2) is 10.5 Å². The summed E-state index contributed by atoms with van der Waals surface area (Å²) in [5.74, 6) is 2.29.